The molecule has 12 heteroatoms. The van der Waals surface area contributed by atoms with Crippen LogP contribution >= 0.6 is 0 Å². The minimum atomic E-state index is -2.80. The molecule has 5 heterocycles. The van der Waals surface area contributed by atoms with Crippen LogP contribution < -0.4 is 15.5 Å². The standard InChI is InChI=1S/C23H28F2N8O2/c24-20(25)19-17(12-33(30-19)15-1-4-23(5-2-15)13-26-14-23)28-22(34)16-11-27-32-6-3-18(29-21(16)32)31-7-9-35-10-8-31/h3,6,11-12,15,20,26H,1-2,4-5,7-10,13-14H2,(H,28,34). The van der Waals surface area contributed by atoms with Crippen molar-refractivity contribution >= 4 is 23.1 Å². The molecule has 6 rings (SSSR count). The fourth-order valence-electron chi connectivity index (χ4n) is 5.34. The molecule has 0 aromatic carbocycles. The maximum Gasteiger partial charge on any atom is 0.284 e. The Labute approximate surface area is 200 Å². The van der Waals surface area contributed by atoms with E-state index in [1.807, 2.05) is 6.07 Å². The number of hydrogen-bond donors (Lipinski definition) is 2. The van der Waals surface area contributed by atoms with Gasteiger partial charge in [-0.1, -0.05) is 0 Å². The SMILES string of the molecule is O=C(Nc1cn(C2CCC3(CC2)CNC3)nc1C(F)F)c1cnn2ccc(N3CCOCC3)nc12. The molecule has 1 saturated carbocycles. The Balaban J connectivity index is 1.23. The second-order valence-electron chi connectivity index (χ2n) is 9.71. The Kier molecular flexibility index (Phi) is 5.64. The highest BCUT2D eigenvalue weighted by molar-refractivity contribution is 6.08. The number of carbonyl (C=O) groups excluding carboxylic acids is 1. The van der Waals surface area contributed by atoms with Crippen LogP contribution in [0.3, 0.4) is 0 Å². The molecule has 2 saturated heterocycles. The van der Waals surface area contributed by atoms with E-state index in [0.717, 1.165) is 38.8 Å². The number of anilines is 2. The van der Waals surface area contributed by atoms with Crippen LogP contribution in [0.15, 0.2) is 24.7 Å². The lowest BCUT2D eigenvalue weighted by Gasteiger charge is -2.47. The van der Waals surface area contributed by atoms with Gasteiger partial charge in [-0.05, 0) is 37.2 Å². The Bertz CT molecular complexity index is 1220. The third-order valence-corrected chi connectivity index (χ3v) is 7.54. The molecule has 2 N–H and O–H groups in total. The molecule has 3 aliphatic rings. The Morgan fingerprint density at radius 1 is 1.23 bits per heavy atom. The smallest absolute Gasteiger partial charge is 0.284 e. The number of alkyl halides is 2. The molecule has 10 nitrogen and oxygen atoms in total. The first-order valence-electron chi connectivity index (χ1n) is 12.1. The van der Waals surface area contributed by atoms with Gasteiger partial charge in [0.15, 0.2) is 11.3 Å². The molecule has 1 spiro atoms. The van der Waals surface area contributed by atoms with Crippen molar-refractivity contribution < 1.29 is 18.3 Å². The number of rotatable bonds is 5. The largest absolute Gasteiger partial charge is 0.378 e. The van der Waals surface area contributed by atoms with E-state index in [2.05, 4.69) is 30.7 Å². The summed E-state index contributed by atoms with van der Waals surface area (Å²) < 4.78 is 36.1. The topological polar surface area (TPSA) is 102 Å². The zero-order valence-corrected chi connectivity index (χ0v) is 19.3. The lowest BCUT2D eigenvalue weighted by Crippen LogP contribution is -2.54. The van der Waals surface area contributed by atoms with Crippen molar-refractivity contribution in [1.82, 2.24) is 29.7 Å². The predicted octanol–water partition coefficient (Wildman–Crippen LogP) is 2.66. The average Bonchev–Trinajstić information content (AvgIpc) is 3.48. The van der Waals surface area contributed by atoms with Crippen molar-refractivity contribution in [2.75, 3.05) is 49.6 Å². The molecule has 0 unspecified atom stereocenters. The van der Waals surface area contributed by atoms with Gasteiger partial charge in [0.1, 0.15) is 11.4 Å². The normalized spacial score (nSPS) is 20.5. The Hall–Kier alpha value is -3.12. The minimum absolute atomic E-state index is 0.0271. The second kappa shape index (κ2) is 8.83. The Morgan fingerprint density at radius 3 is 2.69 bits per heavy atom. The third kappa shape index (κ3) is 4.14. The lowest BCUT2D eigenvalue weighted by molar-refractivity contribution is 0.0803. The third-order valence-electron chi connectivity index (χ3n) is 7.54. The van der Waals surface area contributed by atoms with E-state index >= 15 is 0 Å². The fourth-order valence-corrected chi connectivity index (χ4v) is 5.34. The fraction of sp³-hybridized carbons (Fsp3) is 0.565. The summed E-state index contributed by atoms with van der Waals surface area (Å²) >= 11 is 0. The van der Waals surface area contributed by atoms with Gasteiger partial charge in [-0.15, -0.1) is 0 Å². The van der Waals surface area contributed by atoms with E-state index in [1.165, 1.54) is 10.7 Å². The zero-order chi connectivity index (χ0) is 24.0. The number of hydrogen-bond acceptors (Lipinski definition) is 7. The van der Waals surface area contributed by atoms with Gasteiger partial charge in [0.2, 0.25) is 0 Å². The first kappa shape index (κ1) is 22.4. The highest BCUT2D eigenvalue weighted by Gasteiger charge is 2.41. The average molecular weight is 487 g/mol. The zero-order valence-electron chi connectivity index (χ0n) is 19.3. The quantitative estimate of drug-likeness (QED) is 0.572. The number of carbonyl (C=O) groups is 1. The number of halogens is 2. The summed E-state index contributed by atoms with van der Waals surface area (Å²) in [5, 5.41) is 14.4. The van der Waals surface area contributed by atoms with Crippen LogP contribution in [0.5, 0.6) is 0 Å². The van der Waals surface area contributed by atoms with E-state index in [-0.39, 0.29) is 17.3 Å². The van der Waals surface area contributed by atoms with Gasteiger partial charge in [-0.25, -0.2) is 18.3 Å². The maximum atomic E-state index is 13.8. The first-order valence-corrected chi connectivity index (χ1v) is 12.1. The summed E-state index contributed by atoms with van der Waals surface area (Å²) in [6.45, 7) is 4.69. The van der Waals surface area contributed by atoms with Crippen LogP contribution in [0, 0.1) is 5.41 Å². The van der Waals surface area contributed by atoms with Gasteiger partial charge in [0.25, 0.3) is 12.3 Å². The molecular weight excluding hydrogens is 458 g/mol. The summed E-state index contributed by atoms with van der Waals surface area (Å²) in [4.78, 5) is 19.8. The van der Waals surface area contributed by atoms with Crippen LogP contribution in [0.2, 0.25) is 0 Å². The number of fused-ring (bicyclic) bond motifs is 1. The number of nitrogens with zero attached hydrogens (tertiary/aromatic N) is 6. The van der Waals surface area contributed by atoms with E-state index in [1.54, 1.807) is 17.1 Å². The molecular formula is C23H28F2N8O2. The van der Waals surface area contributed by atoms with E-state index in [4.69, 9.17) is 4.74 Å². The summed E-state index contributed by atoms with van der Waals surface area (Å²) in [6.07, 6.45) is 5.77. The van der Waals surface area contributed by atoms with E-state index in [0.29, 0.717) is 43.2 Å². The second-order valence-corrected chi connectivity index (χ2v) is 9.71. The van der Waals surface area contributed by atoms with Gasteiger partial charge in [0, 0.05) is 38.6 Å². The molecule has 0 bridgehead atoms. The molecule has 35 heavy (non-hydrogen) atoms. The van der Waals surface area contributed by atoms with Crippen LogP contribution in [-0.2, 0) is 4.74 Å². The summed E-state index contributed by atoms with van der Waals surface area (Å²) in [5.74, 6) is 0.171. The Morgan fingerprint density at radius 2 is 2.00 bits per heavy atom. The van der Waals surface area contributed by atoms with Crippen LogP contribution in [-0.4, -0.2) is 69.7 Å². The van der Waals surface area contributed by atoms with Crippen molar-refractivity contribution in [2.45, 2.75) is 38.2 Å². The molecule has 3 aromatic rings. The molecule has 3 aromatic heterocycles. The van der Waals surface area contributed by atoms with Crippen molar-refractivity contribution in [3.8, 4) is 0 Å². The predicted molar refractivity (Wildman–Crippen MR) is 124 cm³/mol. The summed E-state index contributed by atoms with van der Waals surface area (Å²) in [6, 6.07) is 1.89. The summed E-state index contributed by atoms with van der Waals surface area (Å²) in [7, 11) is 0. The van der Waals surface area contributed by atoms with Gasteiger partial charge < -0.3 is 20.3 Å². The number of amides is 1. The highest BCUT2D eigenvalue weighted by atomic mass is 19.3. The van der Waals surface area contributed by atoms with Crippen LogP contribution in [0.25, 0.3) is 5.65 Å². The minimum Gasteiger partial charge on any atom is -0.378 e. The van der Waals surface area contributed by atoms with Crippen molar-refractivity contribution in [3.05, 3.63) is 35.9 Å². The molecule has 0 radical (unpaired) electrons. The molecule has 0 atom stereocenters. The number of ether oxygens (including phenoxy) is 1. The van der Waals surface area contributed by atoms with E-state index < -0.39 is 18.0 Å². The number of aromatic nitrogens is 5. The van der Waals surface area contributed by atoms with Gasteiger partial charge >= 0.3 is 0 Å². The first-order chi connectivity index (χ1) is 17.0. The number of morpholine rings is 1. The maximum absolute atomic E-state index is 13.8. The lowest BCUT2D eigenvalue weighted by atomic mass is 9.68. The van der Waals surface area contributed by atoms with Crippen LogP contribution in [0.1, 0.15) is 54.2 Å². The van der Waals surface area contributed by atoms with E-state index in [9.17, 15) is 13.6 Å². The number of nitrogens with one attached hydrogen (secondary N) is 2. The van der Waals surface area contributed by atoms with Gasteiger partial charge in [-0.3, -0.25) is 9.48 Å². The monoisotopic (exact) mass is 486 g/mol. The molecule has 1 amide bonds. The summed E-state index contributed by atoms with van der Waals surface area (Å²) in [5.41, 5.74) is 0.555. The van der Waals surface area contributed by atoms with Crippen molar-refractivity contribution in [3.63, 3.8) is 0 Å². The molecule has 1 aliphatic carbocycles. The van der Waals surface area contributed by atoms with Crippen LogP contribution in [0.4, 0.5) is 20.3 Å². The molecule has 3 fully saturated rings. The van der Waals surface area contributed by atoms with Crippen molar-refractivity contribution in [2.24, 2.45) is 5.41 Å². The van der Waals surface area contributed by atoms with Gasteiger partial charge in [0.05, 0.1) is 31.1 Å². The highest BCUT2D eigenvalue weighted by Crippen LogP contribution is 2.43. The van der Waals surface area contributed by atoms with Gasteiger partial charge in [-0.2, -0.15) is 10.2 Å². The molecule has 2 aliphatic heterocycles. The molecule has 186 valence electrons. The van der Waals surface area contributed by atoms with Crippen molar-refractivity contribution in [1.29, 1.82) is 0 Å².